The lowest BCUT2D eigenvalue weighted by Gasteiger charge is -2.56. The Bertz CT molecular complexity index is 530. The Labute approximate surface area is 142 Å². The molecule has 1 amide bonds. The highest BCUT2D eigenvalue weighted by Crippen LogP contribution is 2.60. The first-order chi connectivity index (χ1) is 11.2. The van der Waals surface area contributed by atoms with Crippen LogP contribution in [0.15, 0.2) is 0 Å². The molecular formula is C17H27NO6. The van der Waals surface area contributed by atoms with Gasteiger partial charge in [0.2, 0.25) is 0 Å². The van der Waals surface area contributed by atoms with Crippen molar-refractivity contribution in [2.45, 2.75) is 64.3 Å². The van der Waals surface area contributed by atoms with Crippen molar-refractivity contribution in [3.05, 3.63) is 0 Å². The molecule has 2 saturated heterocycles. The number of ether oxygens (including phenoxy) is 3. The van der Waals surface area contributed by atoms with Gasteiger partial charge < -0.3 is 19.3 Å². The standard InChI is InChI=1S/C17H27NO6/c1-5-23-12(19)6-10-7-17-9-22-8-11(17)18(14(17)13(10)20)15(21)24-16(2,3)4/h10-11,13-14,20H,5-9H2,1-4H3. The van der Waals surface area contributed by atoms with Gasteiger partial charge in [0.1, 0.15) is 5.60 Å². The minimum absolute atomic E-state index is 0.0841. The van der Waals surface area contributed by atoms with Gasteiger partial charge >= 0.3 is 12.1 Å². The van der Waals surface area contributed by atoms with E-state index >= 15 is 0 Å². The van der Waals surface area contributed by atoms with E-state index < -0.39 is 17.8 Å². The van der Waals surface area contributed by atoms with Crippen LogP contribution in [-0.4, -0.2) is 65.7 Å². The fraction of sp³-hybridized carbons (Fsp3) is 0.882. The normalized spacial score (nSPS) is 37.5. The van der Waals surface area contributed by atoms with Gasteiger partial charge in [0, 0.05) is 5.41 Å². The predicted molar refractivity (Wildman–Crippen MR) is 84.3 cm³/mol. The molecule has 5 atom stereocenters. The number of nitrogens with zero attached hydrogens (tertiary/aromatic N) is 1. The second-order valence-electron chi connectivity index (χ2n) is 8.06. The Hall–Kier alpha value is -1.34. The fourth-order valence-corrected chi connectivity index (χ4v) is 4.52. The van der Waals surface area contributed by atoms with Crippen molar-refractivity contribution in [1.82, 2.24) is 4.90 Å². The Morgan fingerprint density at radius 2 is 2.08 bits per heavy atom. The second kappa shape index (κ2) is 5.88. The smallest absolute Gasteiger partial charge is 0.411 e. The molecule has 7 heteroatoms. The number of hydrogen-bond donors (Lipinski definition) is 1. The third-order valence-corrected chi connectivity index (χ3v) is 5.32. The van der Waals surface area contributed by atoms with Crippen LogP contribution in [0, 0.1) is 11.3 Å². The number of aliphatic hydroxyl groups excluding tert-OH is 1. The molecule has 1 spiro atoms. The summed E-state index contributed by atoms with van der Waals surface area (Å²) in [6, 6.07) is -0.432. The van der Waals surface area contributed by atoms with Crippen LogP contribution < -0.4 is 0 Å². The number of rotatable bonds is 3. The third-order valence-electron chi connectivity index (χ3n) is 5.32. The Morgan fingerprint density at radius 1 is 1.38 bits per heavy atom. The summed E-state index contributed by atoms with van der Waals surface area (Å²) in [6.07, 6.45) is -0.349. The van der Waals surface area contributed by atoms with Crippen molar-refractivity contribution in [1.29, 1.82) is 0 Å². The van der Waals surface area contributed by atoms with E-state index in [0.717, 1.165) is 0 Å². The average molecular weight is 341 g/mol. The number of aliphatic hydroxyl groups is 1. The van der Waals surface area contributed by atoms with Gasteiger partial charge in [-0.2, -0.15) is 0 Å². The van der Waals surface area contributed by atoms with Crippen LogP contribution in [0.5, 0.6) is 0 Å². The Balaban J connectivity index is 1.75. The van der Waals surface area contributed by atoms with E-state index in [9.17, 15) is 14.7 Å². The molecule has 0 radical (unpaired) electrons. The van der Waals surface area contributed by atoms with Gasteiger partial charge in [-0.1, -0.05) is 0 Å². The number of likely N-dealkylation sites (tertiary alicyclic amines) is 1. The molecule has 1 aliphatic carbocycles. The van der Waals surface area contributed by atoms with Crippen molar-refractivity contribution in [3.63, 3.8) is 0 Å². The van der Waals surface area contributed by atoms with Crippen molar-refractivity contribution < 1.29 is 28.9 Å². The molecule has 0 aromatic rings. The number of carbonyl (C=O) groups is 2. The van der Waals surface area contributed by atoms with Gasteiger partial charge in [-0.15, -0.1) is 0 Å². The first kappa shape index (κ1) is 17.5. The number of esters is 1. The lowest BCUT2D eigenvalue weighted by Crippen LogP contribution is -2.73. The summed E-state index contributed by atoms with van der Waals surface area (Å²) in [5, 5.41) is 10.7. The topological polar surface area (TPSA) is 85.3 Å². The van der Waals surface area contributed by atoms with Gasteiger partial charge in [-0.3, -0.25) is 9.69 Å². The summed E-state index contributed by atoms with van der Waals surface area (Å²) in [4.78, 5) is 26.0. The van der Waals surface area contributed by atoms with Crippen molar-refractivity contribution in [3.8, 4) is 0 Å². The molecule has 3 fully saturated rings. The second-order valence-corrected chi connectivity index (χ2v) is 8.06. The van der Waals surface area contributed by atoms with Gasteiger partial charge in [0.15, 0.2) is 0 Å². The van der Waals surface area contributed by atoms with Crippen molar-refractivity contribution in [2.75, 3.05) is 19.8 Å². The van der Waals surface area contributed by atoms with E-state index in [1.165, 1.54) is 0 Å². The molecule has 7 nitrogen and oxygen atoms in total. The summed E-state index contributed by atoms with van der Waals surface area (Å²) < 4.78 is 16.1. The summed E-state index contributed by atoms with van der Waals surface area (Å²) in [7, 11) is 0. The minimum Gasteiger partial charge on any atom is -0.466 e. The molecule has 0 aromatic carbocycles. The van der Waals surface area contributed by atoms with Crippen molar-refractivity contribution >= 4 is 12.1 Å². The van der Waals surface area contributed by atoms with Gasteiger partial charge in [0.05, 0.1) is 44.4 Å². The highest BCUT2D eigenvalue weighted by molar-refractivity contribution is 5.72. The molecule has 1 N–H and O–H groups in total. The van der Waals surface area contributed by atoms with E-state index in [4.69, 9.17) is 14.2 Å². The fourth-order valence-electron chi connectivity index (χ4n) is 4.52. The summed E-state index contributed by atoms with van der Waals surface area (Å²) in [5.74, 6) is -0.524. The van der Waals surface area contributed by atoms with Crippen LogP contribution in [0.1, 0.15) is 40.5 Å². The summed E-state index contributed by atoms with van der Waals surface area (Å²) in [6.45, 7) is 8.50. The summed E-state index contributed by atoms with van der Waals surface area (Å²) >= 11 is 0. The van der Waals surface area contributed by atoms with E-state index in [1.54, 1.807) is 11.8 Å². The van der Waals surface area contributed by atoms with Crippen molar-refractivity contribution in [2.24, 2.45) is 11.3 Å². The quantitative estimate of drug-likeness (QED) is 0.780. The third kappa shape index (κ3) is 2.67. The highest BCUT2D eigenvalue weighted by atomic mass is 16.6. The molecule has 3 rings (SSSR count). The van der Waals surface area contributed by atoms with Crippen LogP contribution >= 0.6 is 0 Å². The molecule has 24 heavy (non-hydrogen) atoms. The predicted octanol–water partition coefficient (Wildman–Crippen LogP) is 1.32. The minimum atomic E-state index is -0.764. The maximum absolute atomic E-state index is 12.5. The summed E-state index contributed by atoms with van der Waals surface area (Å²) in [5.41, 5.74) is -0.851. The SMILES string of the molecule is CCOC(=O)CC1CC23COCC2N(C(=O)OC(C)(C)C)C3C1O. The highest BCUT2D eigenvalue weighted by Gasteiger charge is 2.72. The molecule has 2 aliphatic heterocycles. The van der Waals surface area contributed by atoms with E-state index in [0.29, 0.717) is 26.2 Å². The molecule has 3 aliphatic rings. The number of carbonyl (C=O) groups excluding carboxylic acids is 2. The zero-order chi connectivity index (χ0) is 17.7. The number of hydrogen-bond acceptors (Lipinski definition) is 6. The maximum Gasteiger partial charge on any atom is 0.411 e. The van der Waals surface area contributed by atoms with Crippen LogP contribution in [-0.2, 0) is 19.0 Å². The molecule has 5 unspecified atom stereocenters. The molecule has 1 saturated carbocycles. The first-order valence-electron chi connectivity index (χ1n) is 8.62. The van der Waals surface area contributed by atoms with Gasteiger partial charge in [-0.25, -0.2) is 4.79 Å². The maximum atomic E-state index is 12.5. The van der Waals surface area contributed by atoms with Gasteiger partial charge in [0.25, 0.3) is 0 Å². The first-order valence-corrected chi connectivity index (χ1v) is 8.62. The lowest BCUT2D eigenvalue weighted by atomic mass is 9.68. The van der Waals surface area contributed by atoms with Crippen LogP contribution in [0.4, 0.5) is 4.79 Å². The largest absolute Gasteiger partial charge is 0.466 e. The molecule has 2 heterocycles. The molecular weight excluding hydrogens is 314 g/mol. The van der Waals surface area contributed by atoms with Crippen LogP contribution in [0.25, 0.3) is 0 Å². The zero-order valence-corrected chi connectivity index (χ0v) is 14.8. The monoisotopic (exact) mass is 341 g/mol. The van der Waals surface area contributed by atoms with E-state index in [1.807, 2.05) is 20.8 Å². The molecule has 0 bridgehead atoms. The van der Waals surface area contributed by atoms with Crippen LogP contribution in [0.2, 0.25) is 0 Å². The number of amides is 1. The van der Waals surface area contributed by atoms with Crippen LogP contribution in [0.3, 0.4) is 0 Å². The average Bonchev–Trinajstić information content (AvgIpc) is 2.86. The molecule has 0 aromatic heterocycles. The van der Waals surface area contributed by atoms with E-state index in [2.05, 4.69) is 0 Å². The van der Waals surface area contributed by atoms with Gasteiger partial charge in [-0.05, 0) is 40.0 Å². The Kier molecular flexibility index (Phi) is 4.28. The molecule has 136 valence electrons. The lowest BCUT2D eigenvalue weighted by molar-refractivity contribution is -0.145. The zero-order valence-electron chi connectivity index (χ0n) is 14.8. The Morgan fingerprint density at radius 3 is 2.71 bits per heavy atom. The van der Waals surface area contributed by atoms with E-state index in [-0.39, 0.29) is 35.8 Å².